The fourth-order valence-electron chi connectivity index (χ4n) is 1.47. The zero-order chi connectivity index (χ0) is 12.3. The topological polar surface area (TPSA) is 29.1 Å². The third-order valence-corrected chi connectivity index (χ3v) is 2.43. The third kappa shape index (κ3) is 3.37. The van der Waals surface area contributed by atoms with E-state index < -0.39 is 0 Å². The van der Waals surface area contributed by atoms with Gasteiger partial charge < -0.3 is 5.32 Å². The van der Waals surface area contributed by atoms with E-state index in [1.165, 1.54) is 5.56 Å². The van der Waals surface area contributed by atoms with Crippen molar-refractivity contribution in [1.82, 2.24) is 5.32 Å². The van der Waals surface area contributed by atoms with Crippen molar-refractivity contribution in [1.29, 1.82) is 0 Å². The average Bonchev–Trinajstić information content (AvgIpc) is 2.15. The normalized spacial score (nSPS) is 11.6. The third-order valence-electron chi connectivity index (χ3n) is 2.43. The summed E-state index contributed by atoms with van der Waals surface area (Å²) in [6.07, 6.45) is 0. The molecule has 88 valence electrons. The summed E-state index contributed by atoms with van der Waals surface area (Å²) in [6.45, 7) is 10.4. The van der Waals surface area contributed by atoms with E-state index in [1.54, 1.807) is 0 Å². The molecule has 0 fully saturated rings. The monoisotopic (exact) mass is 219 g/mol. The highest BCUT2D eigenvalue weighted by Gasteiger charge is 2.14. The van der Waals surface area contributed by atoms with Crippen molar-refractivity contribution in [3.8, 4) is 0 Å². The van der Waals surface area contributed by atoms with E-state index in [2.05, 4.69) is 26.1 Å². The lowest BCUT2D eigenvalue weighted by atomic mass is 9.87. The van der Waals surface area contributed by atoms with Crippen molar-refractivity contribution in [3.05, 3.63) is 35.4 Å². The van der Waals surface area contributed by atoms with E-state index in [0.717, 1.165) is 5.56 Å². The zero-order valence-corrected chi connectivity index (χ0v) is 10.8. The maximum Gasteiger partial charge on any atom is 0.251 e. The quantitative estimate of drug-likeness (QED) is 0.813. The Morgan fingerprint density at radius 1 is 1.12 bits per heavy atom. The van der Waals surface area contributed by atoms with Crippen LogP contribution in [0.2, 0.25) is 0 Å². The predicted molar refractivity (Wildman–Crippen MR) is 67.7 cm³/mol. The molecular weight excluding hydrogens is 198 g/mol. The summed E-state index contributed by atoms with van der Waals surface area (Å²) in [5.74, 6) is -0.00420. The van der Waals surface area contributed by atoms with Crippen molar-refractivity contribution in [2.75, 3.05) is 0 Å². The highest BCUT2D eigenvalue weighted by atomic mass is 16.1. The molecule has 1 aromatic rings. The van der Waals surface area contributed by atoms with E-state index >= 15 is 0 Å². The number of amides is 1. The van der Waals surface area contributed by atoms with Gasteiger partial charge in [-0.05, 0) is 37.0 Å². The van der Waals surface area contributed by atoms with Gasteiger partial charge in [-0.1, -0.05) is 32.9 Å². The van der Waals surface area contributed by atoms with Crippen molar-refractivity contribution in [3.63, 3.8) is 0 Å². The molecule has 1 rings (SSSR count). The zero-order valence-electron chi connectivity index (χ0n) is 10.8. The van der Waals surface area contributed by atoms with Gasteiger partial charge in [0.2, 0.25) is 0 Å². The second-order valence-electron chi connectivity index (χ2n) is 5.46. The van der Waals surface area contributed by atoms with E-state index in [9.17, 15) is 4.79 Å². The summed E-state index contributed by atoms with van der Waals surface area (Å²) in [7, 11) is 0. The van der Waals surface area contributed by atoms with Gasteiger partial charge in [-0.25, -0.2) is 0 Å². The lowest BCUT2D eigenvalue weighted by Crippen LogP contribution is -2.30. The molecule has 0 saturated carbocycles. The number of hydrogen-bond acceptors (Lipinski definition) is 1. The van der Waals surface area contributed by atoms with Crippen LogP contribution in [0.1, 0.15) is 50.5 Å². The molecule has 0 aromatic heterocycles. The van der Waals surface area contributed by atoms with Gasteiger partial charge in [-0.2, -0.15) is 0 Å². The minimum atomic E-state index is -0.00420. The Kier molecular flexibility index (Phi) is 3.74. The highest BCUT2D eigenvalue weighted by molar-refractivity contribution is 5.94. The first kappa shape index (κ1) is 12.8. The maximum absolute atomic E-state index is 11.7. The second-order valence-corrected chi connectivity index (χ2v) is 5.46. The van der Waals surface area contributed by atoms with Gasteiger partial charge in [0.1, 0.15) is 0 Å². The first-order valence-electron chi connectivity index (χ1n) is 5.72. The minimum Gasteiger partial charge on any atom is -0.350 e. The smallest absolute Gasteiger partial charge is 0.251 e. The molecule has 0 aliphatic carbocycles. The Labute approximate surface area is 98.1 Å². The molecule has 0 spiro atoms. The molecule has 0 saturated heterocycles. The second kappa shape index (κ2) is 4.69. The van der Waals surface area contributed by atoms with Gasteiger partial charge in [-0.15, -0.1) is 0 Å². The van der Waals surface area contributed by atoms with Crippen LogP contribution >= 0.6 is 0 Å². The van der Waals surface area contributed by atoms with E-state index in [0.29, 0.717) is 0 Å². The van der Waals surface area contributed by atoms with Gasteiger partial charge in [0, 0.05) is 11.6 Å². The summed E-state index contributed by atoms with van der Waals surface area (Å²) in [6, 6.07) is 8.00. The molecule has 0 aliphatic rings. The molecule has 0 heterocycles. The fourth-order valence-corrected chi connectivity index (χ4v) is 1.47. The molecule has 1 aromatic carbocycles. The van der Waals surface area contributed by atoms with Gasteiger partial charge >= 0.3 is 0 Å². The molecular formula is C14H21NO. The van der Waals surface area contributed by atoms with Crippen LogP contribution in [0.15, 0.2) is 24.3 Å². The van der Waals surface area contributed by atoms with Crippen LogP contribution in [0.4, 0.5) is 0 Å². The van der Waals surface area contributed by atoms with Crippen LogP contribution in [-0.2, 0) is 5.41 Å². The Morgan fingerprint density at radius 2 is 1.62 bits per heavy atom. The largest absolute Gasteiger partial charge is 0.350 e. The van der Waals surface area contributed by atoms with Crippen LogP contribution in [0.3, 0.4) is 0 Å². The minimum absolute atomic E-state index is 0.00420. The maximum atomic E-state index is 11.7. The van der Waals surface area contributed by atoms with E-state index in [-0.39, 0.29) is 17.4 Å². The number of nitrogens with one attached hydrogen (secondary N) is 1. The first-order valence-corrected chi connectivity index (χ1v) is 5.72. The van der Waals surface area contributed by atoms with Crippen LogP contribution < -0.4 is 5.32 Å². The first-order chi connectivity index (χ1) is 7.30. The summed E-state index contributed by atoms with van der Waals surface area (Å²) in [5.41, 5.74) is 2.10. The lowest BCUT2D eigenvalue weighted by Gasteiger charge is -2.19. The van der Waals surface area contributed by atoms with Gasteiger partial charge in [0.05, 0.1) is 0 Å². The Balaban J connectivity index is 2.83. The molecule has 2 heteroatoms. The summed E-state index contributed by atoms with van der Waals surface area (Å²) < 4.78 is 0. The standard InChI is InChI=1S/C14H21NO/c1-10(2)15-13(16)11-6-8-12(9-7-11)14(3,4)5/h6-10H,1-5H3,(H,15,16). The van der Waals surface area contributed by atoms with Gasteiger partial charge in [0.25, 0.3) is 5.91 Å². The van der Waals surface area contributed by atoms with Crippen molar-refractivity contribution >= 4 is 5.91 Å². The fraction of sp³-hybridized carbons (Fsp3) is 0.500. The van der Waals surface area contributed by atoms with Gasteiger partial charge in [-0.3, -0.25) is 4.79 Å². The van der Waals surface area contributed by atoms with Crippen molar-refractivity contribution in [2.45, 2.75) is 46.1 Å². The highest BCUT2D eigenvalue weighted by Crippen LogP contribution is 2.22. The van der Waals surface area contributed by atoms with Crippen LogP contribution in [0, 0.1) is 0 Å². The average molecular weight is 219 g/mol. The Morgan fingerprint density at radius 3 is 2.00 bits per heavy atom. The SMILES string of the molecule is CC(C)NC(=O)c1ccc(C(C)(C)C)cc1. The molecule has 1 amide bonds. The van der Waals surface area contributed by atoms with Crippen molar-refractivity contribution < 1.29 is 4.79 Å². The van der Waals surface area contributed by atoms with Crippen molar-refractivity contribution in [2.24, 2.45) is 0 Å². The van der Waals surface area contributed by atoms with Crippen LogP contribution in [0.5, 0.6) is 0 Å². The van der Waals surface area contributed by atoms with E-state index in [1.807, 2.05) is 38.1 Å². The molecule has 0 atom stereocenters. The number of rotatable bonds is 2. The number of hydrogen-bond donors (Lipinski definition) is 1. The molecule has 0 radical (unpaired) electrons. The van der Waals surface area contributed by atoms with E-state index in [4.69, 9.17) is 0 Å². The Bertz CT molecular complexity index is 357. The molecule has 16 heavy (non-hydrogen) atoms. The molecule has 0 aliphatic heterocycles. The number of benzene rings is 1. The molecule has 2 nitrogen and oxygen atoms in total. The predicted octanol–water partition coefficient (Wildman–Crippen LogP) is 3.12. The summed E-state index contributed by atoms with van der Waals surface area (Å²) in [5, 5.41) is 2.88. The number of carbonyl (C=O) groups excluding carboxylic acids is 1. The van der Waals surface area contributed by atoms with Crippen LogP contribution in [0.25, 0.3) is 0 Å². The Hall–Kier alpha value is -1.31. The lowest BCUT2D eigenvalue weighted by molar-refractivity contribution is 0.0943. The summed E-state index contributed by atoms with van der Waals surface area (Å²) >= 11 is 0. The van der Waals surface area contributed by atoms with Crippen LogP contribution in [-0.4, -0.2) is 11.9 Å². The molecule has 0 unspecified atom stereocenters. The molecule has 1 N–H and O–H groups in total. The molecule has 0 bridgehead atoms. The summed E-state index contributed by atoms with van der Waals surface area (Å²) in [4.78, 5) is 11.7. The van der Waals surface area contributed by atoms with Gasteiger partial charge in [0.15, 0.2) is 0 Å². The number of carbonyl (C=O) groups is 1.